The molecule has 17 heteroatoms. The number of ether oxygens (including phenoxy) is 3. The molecule has 4 aliphatic heterocycles. The first-order valence-electron chi connectivity index (χ1n) is 21.5. The molecule has 5 aromatic rings. The summed E-state index contributed by atoms with van der Waals surface area (Å²) in [6.07, 6.45) is 0.982. The number of anilines is 1. The molecule has 11 nitrogen and oxygen atoms in total. The van der Waals surface area contributed by atoms with Crippen molar-refractivity contribution in [2.75, 3.05) is 57.4 Å². The summed E-state index contributed by atoms with van der Waals surface area (Å²) in [4.78, 5) is 43.5. The number of rotatable bonds is 12. The van der Waals surface area contributed by atoms with Crippen LogP contribution in [0.5, 0.6) is 11.8 Å². The Hall–Kier alpha value is -5.12. The van der Waals surface area contributed by atoms with Gasteiger partial charge in [0, 0.05) is 63.8 Å². The number of nitrogens with zero attached hydrogens (tertiary/aromatic N) is 6. The van der Waals surface area contributed by atoms with E-state index in [0.29, 0.717) is 30.5 Å². The van der Waals surface area contributed by atoms with E-state index in [2.05, 4.69) is 19.9 Å². The minimum absolute atomic E-state index is 0. The van der Waals surface area contributed by atoms with Crippen LogP contribution < -0.4 is 14.4 Å². The molecule has 3 atom stereocenters. The number of hydrogen-bond donors (Lipinski definition) is 0. The predicted octanol–water partition coefficient (Wildman–Crippen LogP) is 8.69. The fourth-order valence-corrected chi connectivity index (χ4v) is 10.0. The monoisotopic (exact) mass is 925 g/mol. The number of carbonyl (C=O) groups is 1. The molecular formula is C47H47F5MnN6O5. The molecule has 2 aromatic heterocycles. The number of pyridine rings is 1. The van der Waals surface area contributed by atoms with Crippen LogP contribution >= 0.6 is 0 Å². The summed E-state index contributed by atoms with van der Waals surface area (Å²) in [5.41, 5.74) is -1.83. The summed E-state index contributed by atoms with van der Waals surface area (Å²) in [7, 11) is 0. The van der Waals surface area contributed by atoms with Crippen LogP contribution in [0.25, 0.3) is 32.9 Å². The zero-order valence-electron chi connectivity index (χ0n) is 35.2. The molecular weight excluding hydrogens is 878 g/mol. The summed E-state index contributed by atoms with van der Waals surface area (Å²) >= 11 is 0. The molecule has 0 spiro atoms. The Bertz CT molecular complexity index is 2510. The Balaban J connectivity index is 0.00000560. The molecule has 6 heterocycles. The molecule has 9 rings (SSSR count). The summed E-state index contributed by atoms with van der Waals surface area (Å²) in [5.74, 6) is -0.448. The first-order chi connectivity index (χ1) is 30.4. The number of fused-ring (bicyclic) bond motifs is 3. The second-order valence-corrected chi connectivity index (χ2v) is 17.3. The third-order valence-electron chi connectivity index (χ3n) is 13.1. The van der Waals surface area contributed by atoms with E-state index in [1.54, 1.807) is 29.2 Å². The van der Waals surface area contributed by atoms with Crippen molar-refractivity contribution >= 4 is 40.1 Å². The summed E-state index contributed by atoms with van der Waals surface area (Å²) in [6.45, 7) is 4.75. The molecule has 64 heavy (non-hydrogen) atoms. The number of alkyl halides is 3. The van der Waals surface area contributed by atoms with E-state index < -0.39 is 41.3 Å². The van der Waals surface area contributed by atoms with Crippen molar-refractivity contribution in [3.05, 3.63) is 89.5 Å². The smallest absolute Gasteiger partial charge is 0.653 e. The number of piperidine rings is 2. The molecule has 0 saturated carbocycles. The first-order valence-corrected chi connectivity index (χ1v) is 21.5. The first kappa shape index (κ1) is 45.4. The fraction of sp³-hybridized carbons (Fsp3) is 0.447. The normalized spacial score (nSPS) is 22.3. The number of halogens is 5. The number of amides is 1. The van der Waals surface area contributed by atoms with Gasteiger partial charge in [-0.25, -0.2) is 26.7 Å². The summed E-state index contributed by atoms with van der Waals surface area (Å²) in [6, 6.07) is 14.3. The fourth-order valence-electron chi connectivity index (χ4n) is 10.0. The van der Waals surface area contributed by atoms with E-state index in [1.165, 1.54) is 41.8 Å². The van der Waals surface area contributed by atoms with Crippen LogP contribution in [0.1, 0.15) is 63.0 Å². The van der Waals surface area contributed by atoms with Crippen LogP contribution in [0.3, 0.4) is 0 Å². The number of benzene rings is 3. The Morgan fingerprint density at radius 2 is 1.80 bits per heavy atom. The molecule has 0 unspecified atom stereocenters. The van der Waals surface area contributed by atoms with Gasteiger partial charge in [0.2, 0.25) is 0 Å². The van der Waals surface area contributed by atoms with Crippen LogP contribution in [0.15, 0.2) is 60.8 Å². The van der Waals surface area contributed by atoms with Crippen molar-refractivity contribution in [1.82, 2.24) is 24.8 Å². The topological polar surface area (TPSA) is 110 Å². The number of likely N-dealkylation sites (tertiary alicyclic amines) is 1. The summed E-state index contributed by atoms with van der Waals surface area (Å²) in [5, 5.41) is 0.847. The van der Waals surface area contributed by atoms with Gasteiger partial charge in [-0.3, -0.25) is 15.8 Å². The third kappa shape index (κ3) is 8.95. The van der Waals surface area contributed by atoms with Crippen molar-refractivity contribution in [3.63, 3.8) is 0 Å². The van der Waals surface area contributed by atoms with Crippen LogP contribution in [-0.2, 0) is 38.7 Å². The minimum Gasteiger partial charge on any atom is -0.653 e. The van der Waals surface area contributed by atoms with Gasteiger partial charge in [-0.2, -0.15) is 16.9 Å². The van der Waals surface area contributed by atoms with Gasteiger partial charge < -0.3 is 28.8 Å². The molecule has 0 bridgehead atoms. The van der Waals surface area contributed by atoms with E-state index >= 15 is 17.6 Å². The average Bonchev–Trinajstić information content (AvgIpc) is 3.80. The Labute approximate surface area is 378 Å². The van der Waals surface area contributed by atoms with Crippen LogP contribution in [0, 0.1) is 17.6 Å². The van der Waals surface area contributed by atoms with Gasteiger partial charge >= 0.3 is 29.2 Å². The maximum absolute atomic E-state index is 17.6. The third-order valence-corrected chi connectivity index (χ3v) is 13.1. The largest absolute Gasteiger partial charge is 2.00 e. The Morgan fingerprint density at radius 1 is 1.00 bits per heavy atom. The maximum atomic E-state index is 17.6. The van der Waals surface area contributed by atoms with Gasteiger partial charge in [0.1, 0.15) is 47.0 Å². The molecule has 4 aliphatic rings. The standard InChI is InChI=1S/C47H47F5N6O5.Mn/c1-29-19-32(48)25-57(24-29)43-37-23-53-41(40(51)42(37)54-44(55-43)62-27-46-12-6-15-58(46)26-33(49)22-46)36-21-34(20-30-10-11-38(50)35(39(30)36)9-5-18-61-28-59)63-45(60)56-16-13-47(52,14-17-56)31-7-3-2-4-8-31;/h2-4,7-8,10-11,20-21,23,32-33H,5-6,9,12-19,22,24-27H2,1H3;/q-2;+2/t32-,33-,46+;/m1./s1. The number of hydrogen-bond acceptors (Lipinski definition) is 10. The minimum atomic E-state index is -1.61. The number of aromatic nitrogens is 3. The van der Waals surface area contributed by atoms with E-state index in [1.807, 2.05) is 13.0 Å². The predicted molar refractivity (Wildman–Crippen MR) is 225 cm³/mol. The van der Waals surface area contributed by atoms with E-state index in [-0.39, 0.29) is 139 Å². The average molecular weight is 926 g/mol. The van der Waals surface area contributed by atoms with Gasteiger partial charge in [-0.15, -0.1) is 13.0 Å². The van der Waals surface area contributed by atoms with Crippen LogP contribution in [0.2, 0.25) is 0 Å². The van der Waals surface area contributed by atoms with Crippen LogP contribution in [0.4, 0.5) is 32.6 Å². The second kappa shape index (κ2) is 18.8. The van der Waals surface area contributed by atoms with Crippen molar-refractivity contribution in [1.29, 1.82) is 0 Å². The maximum Gasteiger partial charge on any atom is 2.00 e. The molecule has 1 amide bonds. The van der Waals surface area contributed by atoms with Crippen molar-refractivity contribution in [2.45, 2.75) is 81.8 Å². The number of aryl methyl sites for hydroxylation is 1. The number of carbonyl (C=O) groups excluding carboxylic acids is 2. The van der Waals surface area contributed by atoms with Crippen molar-refractivity contribution in [3.8, 4) is 23.0 Å². The SMILES string of the molecule is C[C-]1C[C@@H](F)CN(c2nc(OC[C@@]34CCCN3C[C@H](F)C4)nc3c(F)c(-c4cc(OC(=O)N5CCC(F)(c6ccccc6)CC5)cc5ccc(F)c(CCCO[C-]=O)c45)ncc23)C1.[Mn+2]. The van der Waals surface area contributed by atoms with Gasteiger partial charge in [0.05, 0.1) is 17.1 Å². The molecule has 3 aromatic carbocycles. The molecule has 4 fully saturated rings. The van der Waals surface area contributed by atoms with Crippen molar-refractivity contribution < 1.29 is 62.8 Å². The van der Waals surface area contributed by atoms with Gasteiger partial charge in [0.15, 0.2) is 5.82 Å². The molecule has 4 saturated heterocycles. The van der Waals surface area contributed by atoms with E-state index in [0.717, 1.165) is 18.9 Å². The Morgan fingerprint density at radius 3 is 2.56 bits per heavy atom. The molecule has 337 valence electrons. The van der Waals surface area contributed by atoms with Gasteiger partial charge in [0.25, 0.3) is 0 Å². The zero-order chi connectivity index (χ0) is 43.9. The molecule has 0 aliphatic carbocycles. The van der Waals surface area contributed by atoms with E-state index in [9.17, 15) is 14.0 Å². The van der Waals surface area contributed by atoms with Crippen LogP contribution in [-0.4, -0.2) is 108 Å². The Kier molecular flexibility index (Phi) is 13.3. The second-order valence-electron chi connectivity index (χ2n) is 17.3. The van der Waals surface area contributed by atoms with Gasteiger partial charge in [-0.05, 0) is 72.3 Å². The van der Waals surface area contributed by atoms with Gasteiger partial charge in [-0.1, -0.05) is 42.9 Å². The van der Waals surface area contributed by atoms with Crippen molar-refractivity contribution in [2.24, 2.45) is 0 Å². The zero-order valence-corrected chi connectivity index (χ0v) is 36.4. The molecule has 1 radical (unpaired) electrons. The molecule has 0 N–H and O–H groups in total. The van der Waals surface area contributed by atoms with E-state index in [4.69, 9.17) is 14.2 Å². The summed E-state index contributed by atoms with van der Waals surface area (Å²) < 4.78 is 96.1. The quantitative estimate of drug-likeness (QED) is 0.0522.